The second-order valence-corrected chi connectivity index (χ2v) is 4.12. The van der Waals surface area contributed by atoms with Crippen LogP contribution in [0.25, 0.3) is 0 Å². The highest BCUT2D eigenvalue weighted by Gasteiger charge is 2.16. The third-order valence-corrected chi connectivity index (χ3v) is 2.94. The van der Waals surface area contributed by atoms with Crippen LogP contribution in [0.1, 0.15) is 18.4 Å². The van der Waals surface area contributed by atoms with Crippen LogP contribution in [0.2, 0.25) is 0 Å². The molecule has 4 nitrogen and oxygen atoms in total. The van der Waals surface area contributed by atoms with E-state index in [0.29, 0.717) is 13.2 Å². The molecular formula is C13H19NO3. The zero-order chi connectivity index (χ0) is 12.1. The third kappa shape index (κ3) is 3.11. The second-order valence-electron chi connectivity index (χ2n) is 4.12. The number of hydrogen-bond acceptors (Lipinski definition) is 4. The van der Waals surface area contributed by atoms with Gasteiger partial charge in [0.25, 0.3) is 0 Å². The molecule has 1 saturated heterocycles. The van der Waals surface area contributed by atoms with Crippen LogP contribution in [-0.4, -0.2) is 26.4 Å². The van der Waals surface area contributed by atoms with Crippen molar-refractivity contribution in [3.8, 4) is 11.5 Å². The van der Waals surface area contributed by atoms with E-state index in [9.17, 15) is 0 Å². The standard InChI is InChI=1S/C13H19NO3/c1-15-11-4-5-13(10(7-11)8-14)17-9-12-3-2-6-16-12/h4-5,7,12H,2-3,6,8-9,14H2,1H3. The van der Waals surface area contributed by atoms with Gasteiger partial charge in [0.05, 0.1) is 13.2 Å². The lowest BCUT2D eigenvalue weighted by Gasteiger charge is -2.14. The SMILES string of the molecule is COc1ccc(OCC2CCCO2)c(CN)c1. The molecule has 2 N–H and O–H groups in total. The number of hydrogen-bond donors (Lipinski definition) is 1. The maximum atomic E-state index is 5.75. The van der Waals surface area contributed by atoms with Gasteiger partial charge in [-0.1, -0.05) is 0 Å². The summed E-state index contributed by atoms with van der Waals surface area (Å²) in [5, 5.41) is 0. The van der Waals surface area contributed by atoms with Crippen LogP contribution in [-0.2, 0) is 11.3 Å². The van der Waals surface area contributed by atoms with E-state index < -0.39 is 0 Å². The molecule has 1 aromatic rings. The number of methoxy groups -OCH3 is 1. The van der Waals surface area contributed by atoms with Gasteiger partial charge in [-0.05, 0) is 31.0 Å². The lowest BCUT2D eigenvalue weighted by atomic mass is 10.2. The first kappa shape index (κ1) is 12.2. The monoisotopic (exact) mass is 237 g/mol. The molecule has 0 spiro atoms. The lowest BCUT2D eigenvalue weighted by molar-refractivity contribution is 0.0676. The van der Waals surface area contributed by atoms with Crippen molar-refractivity contribution in [3.05, 3.63) is 23.8 Å². The van der Waals surface area contributed by atoms with Gasteiger partial charge in [0.15, 0.2) is 0 Å². The fourth-order valence-electron chi connectivity index (χ4n) is 1.94. The van der Waals surface area contributed by atoms with Crippen LogP contribution < -0.4 is 15.2 Å². The molecule has 17 heavy (non-hydrogen) atoms. The molecule has 94 valence electrons. The smallest absolute Gasteiger partial charge is 0.124 e. The van der Waals surface area contributed by atoms with Crippen LogP contribution >= 0.6 is 0 Å². The maximum Gasteiger partial charge on any atom is 0.124 e. The van der Waals surface area contributed by atoms with Gasteiger partial charge >= 0.3 is 0 Å². The predicted octanol–water partition coefficient (Wildman–Crippen LogP) is 1.71. The van der Waals surface area contributed by atoms with Crippen molar-refractivity contribution in [2.45, 2.75) is 25.5 Å². The zero-order valence-corrected chi connectivity index (χ0v) is 10.1. The van der Waals surface area contributed by atoms with Crippen molar-refractivity contribution in [2.24, 2.45) is 5.73 Å². The van der Waals surface area contributed by atoms with Gasteiger partial charge in [-0.15, -0.1) is 0 Å². The summed E-state index contributed by atoms with van der Waals surface area (Å²) < 4.78 is 16.4. The largest absolute Gasteiger partial charge is 0.497 e. The highest BCUT2D eigenvalue weighted by Crippen LogP contribution is 2.24. The molecular weight excluding hydrogens is 218 g/mol. The predicted molar refractivity (Wildman–Crippen MR) is 65.4 cm³/mol. The van der Waals surface area contributed by atoms with Crippen molar-refractivity contribution in [2.75, 3.05) is 20.3 Å². The summed E-state index contributed by atoms with van der Waals surface area (Å²) in [4.78, 5) is 0. The summed E-state index contributed by atoms with van der Waals surface area (Å²) >= 11 is 0. The molecule has 1 aliphatic rings. The Bertz CT molecular complexity index is 362. The van der Waals surface area contributed by atoms with Gasteiger partial charge in [-0.3, -0.25) is 0 Å². The van der Waals surface area contributed by atoms with Crippen molar-refractivity contribution < 1.29 is 14.2 Å². The Labute approximate surface area is 102 Å². The minimum absolute atomic E-state index is 0.225. The van der Waals surface area contributed by atoms with Gasteiger partial charge in [0.2, 0.25) is 0 Å². The van der Waals surface area contributed by atoms with Crippen LogP contribution in [0, 0.1) is 0 Å². The Morgan fingerprint density at radius 3 is 3.00 bits per heavy atom. The Hall–Kier alpha value is -1.26. The van der Waals surface area contributed by atoms with Gasteiger partial charge in [-0.25, -0.2) is 0 Å². The molecule has 0 aliphatic carbocycles. The van der Waals surface area contributed by atoms with Gasteiger partial charge in [0, 0.05) is 18.7 Å². The number of ether oxygens (including phenoxy) is 3. The lowest BCUT2D eigenvalue weighted by Crippen LogP contribution is -2.17. The summed E-state index contributed by atoms with van der Waals surface area (Å²) in [6.45, 7) is 1.89. The molecule has 4 heteroatoms. The summed E-state index contributed by atoms with van der Waals surface area (Å²) in [6.07, 6.45) is 2.43. The van der Waals surface area contributed by atoms with Crippen molar-refractivity contribution >= 4 is 0 Å². The fourth-order valence-corrected chi connectivity index (χ4v) is 1.94. The topological polar surface area (TPSA) is 53.7 Å². The molecule has 1 atom stereocenters. The Morgan fingerprint density at radius 1 is 1.47 bits per heavy atom. The number of nitrogens with two attached hydrogens (primary N) is 1. The summed E-state index contributed by atoms with van der Waals surface area (Å²) in [5.74, 6) is 1.62. The van der Waals surface area contributed by atoms with Crippen molar-refractivity contribution in [3.63, 3.8) is 0 Å². The first-order chi connectivity index (χ1) is 8.33. The summed E-state index contributed by atoms with van der Waals surface area (Å²) in [5.41, 5.74) is 6.65. The molecule has 1 fully saturated rings. The Morgan fingerprint density at radius 2 is 2.35 bits per heavy atom. The van der Waals surface area contributed by atoms with Crippen LogP contribution in [0.5, 0.6) is 11.5 Å². The first-order valence-electron chi connectivity index (χ1n) is 5.95. The normalized spacial score (nSPS) is 19.3. The van der Waals surface area contributed by atoms with Crippen LogP contribution in [0.15, 0.2) is 18.2 Å². The molecule has 1 aromatic carbocycles. The van der Waals surface area contributed by atoms with E-state index in [0.717, 1.165) is 36.5 Å². The molecule has 0 aromatic heterocycles. The number of rotatable bonds is 5. The molecule has 2 rings (SSSR count). The Balaban J connectivity index is 1.98. The van der Waals surface area contributed by atoms with E-state index in [1.807, 2.05) is 18.2 Å². The highest BCUT2D eigenvalue weighted by molar-refractivity contribution is 5.40. The minimum Gasteiger partial charge on any atom is -0.497 e. The van der Waals surface area contributed by atoms with Gasteiger partial charge in [-0.2, -0.15) is 0 Å². The van der Waals surface area contributed by atoms with Gasteiger partial charge < -0.3 is 19.9 Å². The second kappa shape index (κ2) is 5.89. The van der Waals surface area contributed by atoms with Crippen LogP contribution in [0.4, 0.5) is 0 Å². The van der Waals surface area contributed by atoms with Crippen molar-refractivity contribution in [1.29, 1.82) is 0 Å². The van der Waals surface area contributed by atoms with Crippen molar-refractivity contribution in [1.82, 2.24) is 0 Å². The summed E-state index contributed by atoms with van der Waals surface area (Å²) in [6, 6.07) is 5.69. The molecule has 0 radical (unpaired) electrons. The molecule has 0 bridgehead atoms. The van der Waals surface area contributed by atoms with E-state index in [-0.39, 0.29) is 6.10 Å². The van der Waals surface area contributed by atoms with E-state index in [1.165, 1.54) is 0 Å². The Kier molecular flexibility index (Phi) is 4.23. The maximum absolute atomic E-state index is 5.75. The first-order valence-corrected chi connectivity index (χ1v) is 5.95. The number of benzene rings is 1. The minimum atomic E-state index is 0.225. The fraction of sp³-hybridized carbons (Fsp3) is 0.538. The van der Waals surface area contributed by atoms with Crippen LogP contribution in [0.3, 0.4) is 0 Å². The average molecular weight is 237 g/mol. The highest BCUT2D eigenvalue weighted by atomic mass is 16.5. The third-order valence-electron chi connectivity index (χ3n) is 2.94. The van der Waals surface area contributed by atoms with E-state index in [4.69, 9.17) is 19.9 Å². The zero-order valence-electron chi connectivity index (χ0n) is 10.1. The molecule has 1 aliphatic heterocycles. The average Bonchev–Trinajstić information content (AvgIpc) is 2.89. The summed E-state index contributed by atoms with van der Waals surface area (Å²) in [7, 11) is 1.64. The quantitative estimate of drug-likeness (QED) is 0.847. The van der Waals surface area contributed by atoms with E-state index in [2.05, 4.69) is 0 Å². The molecule has 0 amide bonds. The van der Waals surface area contributed by atoms with Gasteiger partial charge in [0.1, 0.15) is 18.1 Å². The molecule has 0 saturated carbocycles. The molecule has 1 unspecified atom stereocenters. The van der Waals surface area contributed by atoms with E-state index >= 15 is 0 Å². The molecule has 1 heterocycles. The van der Waals surface area contributed by atoms with E-state index in [1.54, 1.807) is 7.11 Å².